The van der Waals surface area contributed by atoms with Crippen LogP contribution in [0.3, 0.4) is 0 Å². The first-order chi connectivity index (χ1) is 11.0. The lowest BCUT2D eigenvalue weighted by Crippen LogP contribution is -2.22. The molecule has 0 atom stereocenters. The Labute approximate surface area is 144 Å². The van der Waals surface area contributed by atoms with Gasteiger partial charge in [0, 0.05) is 24.7 Å². The van der Waals surface area contributed by atoms with E-state index in [9.17, 15) is 4.79 Å². The highest BCUT2D eigenvalue weighted by molar-refractivity contribution is 6.18. The first-order valence-corrected chi connectivity index (χ1v) is 7.80. The molecule has 0 aliphatic carbocycles. The maximum absolute atomic E-state index is 10.9. The zero-order chi connectivity index (χ0) is 17.8. The van der Waals surface area contributed by atoms with Crippen LogP contribution in [0.4, 0.5) is 5.69 Å². The van der Waals surface area contributed by atoms with Gasteiger partial charge in [0.15, 0.2) is 0 Å². The van der Waals surface area contributed by atoms with Gasteiger partial charge in [-0.15, -0.1) is 31.0 Å². The van der Waals surface area contributed by atoms with E-state index in [1.54, 1.807) is 18.2 Å². The fraction of sp³-hybridized carbons (Fsp3) is 0.316. The number of fused-ring (bicyclic) bond motifs is 1. The number of hydrogen-bond donors (Lipinski definition) is 1. The predicted molar refractivity (Wildman–Crippen MR) is 99.6 cm³/mol. The zero-order valence-electron chi connectivity index (χ0n) is 13.8. The summed E-state index contributed by atoms with van der Waals surface area (Å²) in [4.78, 5) is 13.2. The van der Waals surface area contributed by atoms with Crippen LogP contribution in [0.1, 0.15) is 29.8 Å². The number of allylic oxidation sites excluding steroid dienone is 2. The molecule has 2 rings (SSSR count). The Morgan fingerprint density at radius 3 is 2.61 bits per heavy atom. The van der Waals surface area contributed by atoms with Crippen LogP contribution in [0.2, 0.25) is 0 Å². The topological polar surface area (TPSA) is 40.5 Å². The number of aromatic carboxylic acids is 1. The number of carboxylic acid groups (broad SMARTS) is 1. The molecule has 23 heavy (non-hydrogen) atoms. The molecule has 1 aromatic rings. The van der Waals surface area contributed by atoms with Crippen molar-refractivity contribution in [3.63, 3.8) is 0 Å². The molecule has 0 fully saturated rings. The molecule has 0 saturated heterocycles. The molecule has 0 unspecified atom stereocenters. The highest BCUT2D eigenvalue weighted by Gasteiger charge is 2.20. The van der Waals surface area contributed by atoms with Crippen molar-refractivity contribution in [2.45, 2.75) is 20.3 Å². The number of carboxylic acids is 1. The minimum Gasteiger partial charge on any atom is -0.478 e. The Morgan fingerprint density at radius 1 is 1.48 bits per heavy atom. The molecule has 0 bridgehead atoms. The summed E-state index contributed by atoms with van der Waals surface area (Å²) in [6, 6.07) is 5.35. The van der Waals surface area contributed by atoms with Crippen LogP contribution in [0.15, 0.2) is 42.5 Å². The van der Waals surface area contributed by atoms with E-state index in [-0.39, 0.29) is 0 Å². The molecule has 1 aromatic carbocycles. The number of nitrogens with zero attached hydrogens (tertiary/aromatic N) is 1. The number of terminal acetylenes is 1. The molecule has 4 heteroatoms. The van der Waals surface area contributed by atoms with Gasteiger partial charge in [-0.25, -0.2) is 4.79 Å². The van der Waals surface area contributed by atoms with Crippen molar-refractivity contribution in [3.8, 4) is 12.8 Å². The summed E-state index contributed by atoms with van der Waals surface area (Å²) in [6.07, 6.45) is 12.7. The third-order valence-corrected chi connectivity index (χ3v) is 3.34. The van der Waals surface area contributed by atoms with Gasteiger partial charge in [0.05, 0.1) is 5.56 Å². The molecular weight excluding hydrogens is 310 g/mol. The van der Waals surface area contributed by atoms with Crippen molar-refractivity contribution < 1.29 is 9.90 Å². The highest BCUT2D eigenvalue weighted by atomic mass is 35.5. The first-order valence-electron chi connectivity index (χ1n) is 7.26. The minimum absolute atomic E-state index is 0.364. The van der Waals surface area contributed by atoms with E-state index in [0.717, 1.165) is 30.8 Å². The van der Waals surface area contributed by atoms with Gasteiger partial charge in [-0.2, -0.15) is 0 Å². The third kappa shape index (κ3) is 6.63. The Morgan fingerprint density at radius 2 is 2.09 bits per heavy atom. The van der Waals surface area contributed by atoms with Crippen molar-refractivity contribution in [1.82, 2.24) is 0 Å². The SMILES string of the molecule is C#C.C/C(=C\CCl)CN1CCc2cc(C(=O)O)ccc21.C=CC. The van der Waals surface area contributed by atoms with Crippen LogP contribution in [0, 0.1) is 12.8 Å². The molecule has 0 saturated carbocycles. The average Bonchev–Trinajstić information content (AvgIpc) is 2.92. The smallest absolute Gasteiger partial charge is 0.335 e. The van der Waals surface area contributed by atoms with E-state index in [4.69, 9.17) is 16.7 Å². The second-order valence-electron chi connectivity index (χ2n) is 4.93. The molecule has 124 valence electrons. The van der Waals surface area contributed by atoms with Crippen LogP contribution in [-0.2, 0) is 6.42 Å². The summed E-state index contributed by atoms with van der Waals surface area (Å²) >= 11 is 5.68. The second kappa shape index (κ2) is 11.4. The van der Waals surface area contributed by atoms with Crippen molar-refractivity contribution in [3.05, 3.63) is 53.6 Å². The number of anilines is 1. The molecule has 0 amide bonds. The molecule has 0 radical (unpaired) electrons. The van der Waals surface area contributed by atoms with Crippen LogP contribution >= 0.6 is 11.6 Å². The molecule has 0 aromatic heterocycles. The Bertz CT molecular complexity index is 576. The molecule has 1 aliphatic rings. The minimum atomic E-state index is -0.866. The van der Waals surface area contributed by atoms with E-state index in [2.05, 4.69) is 31.2 Å². The summed E-state index contributed by atoms with van der Waals surface area (Å²) in [7, 11) is 0. The fourth-order valence-corrected chi connectivity index (χ4v) is 2.53. The highest BCUT2D eigenvalue weighted by Crippen LogP contribution is 2.29. The average molecular weight is 334 g/mol. The van der Waals surface area contributed by atoms with Crippen molar-refractivity contribution in [2.75, 3.05) is 23.9 Å². The first kappa shape index (κ1) is 20.8. The standard InChI is InChI=1S/C14H16ClNO2.C3H6.C2H2/c1-10(4-6-15)9-16-7-5-11-8-12(14(17)18)2-3-13(11)16;1-3-2;1-2/h2-4,8H,5-7,9H2,1H3,(H,17,18);3H,1H2,2H3;1-2H/b10-4+;;. The summed E-state index contributed by atoms with van der Waals surface area (Å²) < 4.78 is 0. The molecule has 1 heterocycles. The zero-order valence-corrected chi connectivity index (χ0v) is 14.5. The largest absolute Gasteiger partial charge is 0.478 e. The van der Waals surface area contributed by atoms with E-state index in [1.807, 2.05) is 19.1 Å². The normalized spacial score (nSPS) is 12.2. The van der Waals surface area contributed by atoms with E-state index in [0.29, 0.717) is 11.4 Å². The lowest BCUT2D eigenvalue weighted by atomic mass is 10.1. The van der Waals surface area contributed by atoms with Crippen molar-refractivity contribution in [2.24, 2.45) is 0 Å². The van der Waals surface area contributed by atoms with Crippen LogP contribution in [0.5, 0.6) is 0 Å². The Balaban J connectivity index is 0.000000868. The fourth-order valence-electron chi connectivity index (χ4n) is 2.26. The van der Waals surface area contributed by atoms with Gasteiger partial charge >= 0.3 is 5.97 Å². The molecule has 0 spiro atoms. The molecule has 3 nitrogen and oxygen atoms in total. The predicted octanol–water partition coefficient (Wildman–Crippen LogP) is 4.37. The molecular formula is C19H24ClNO2. The number of halogens is 1. The quantitative estimate of drug-likeness (QED) is 0.505. The third-order valence-electron chi connectivity index (χ3n) is 3.18. The van der Waals surface area contributed by atoms with Crippen molar-refractivity contribution >= 4 is 23.3 Å². The van der Waals surface area contributed by atoms with E-state index < -0.39 is 5.97 Å². The van der Waals surface area contributed by atoms with Crippen LogP contribution in [0.25, 0.3) is 0 Å². The summed E-state index contributed by atoms with van der Waals surface area (Å²) in [6.45, 7) is 9.10. The summed E-state index contributed by atoms with van der Waals surface area (Å²) in [5.74, 6) is -0.334. The maximum Gasteiger partial charge on any atom is 0.335 e. The van der Waals surface area contributed by atoms with Gasteiger partial charge in [-0.3, -0.25) is 0 Å². The number of hydrogen-bond acceptors (Lipinski definition) is 2. The van der Waals surface area contributed by atoms with Crippen LogP contribution < -0.4 is 4.90 Å². The van der Waals surface area contributed by atoms with Gasteiger partial charge < -0.3 is 10.0 Å². The second-order valence-corrected chi connectivity index (χ2v) is 5.24. The lowest BCUT2D eigenvalue weighted by Gasteiger charge is -2.19. The molecule has 1 aliphatic heterocycles. The van der Waals surface area contributed by atoms with Crippen molar-refractivity contribution in [1.29, 1.82) is 0 Å². The number of rotatable bonds is 4. The number of alkyl halides is 1. The summed E-state index contributed by atoms with van der Waals surface area (Å²) in [5, 5.41) is 8.96. The van der Waals surface area contributed by atoms with Gasteiger partial charge in [-0.1, -0.05) is 17.7 Å². The number of carbonyl (C=O) groups is 1. The van der Waals surface area contributed by atoms with E-state index in [1.165, 1.54) is 5.57 Å². The van der Waals surface area contributed by atoms with Gasteiger partial charge in [0.25, 0.3) is 0 Å². The Hall–Kier alpha value is -2.18. The summed E-state index contributed by atoms with van der Waals surface area (Å²) in [5.41, 5.74) is 3.86. The van der Waals surface area contributed by atoms with Crippen LogP contribution in [-0.4, -0.2) is 30.0 Å². The monoisotopic (exact) mass is 333 g/mol. The lowest BCUT2D eigenvalue weighted by molar-refractivity contribution is 0.0697. The van der Waals surface area contributed by atoms with Gasteiger partial charge in [0.1, 0.15) is 0 Å². The Kier molecular flexibility index (Phi) is 10.3. The van der Waals surface area contributed by atoms with Gasteiger partial charge in [0.2, 0.25) is 0 Å². The number of benzene rings is 1. The maximum atomic E-state index is 10.9. The van der Waals surface area contributed by atoms with Gasteiger partial charge in [-0.05, 0) is 44.0 Å². The molecule has 1 N–H and O–H groups in total. The van der Waals surface area contributed by atoms with E-state index >= 15 is 0 Å².